The molecule has 0 saturated heterocycles. The first-order valence-electron chi connectivity index (χ1n) is 9.28. The smallest absolute Gasteiger partial charge is 0.223 e. The van der Waals surface area contributed by atoms with Crippen LogP contribution >= 0.6 is 0 Å². The largest absolute Gasteiger partial charge is 0.493 e. The van der Waals surface area contributed by atoms with Gasteiger partial charge in [0.15, 0.2) is 11.5 Å². The summed E-state index contributed by atoms with van der Waals surface area (Å²) >= 11 is 0. The third kappa shape index (κ3) is 3.55. The number of nitrogens with zero attached hydrogens (tertiary/aromatic N) is 1. The summed E-state index contributed by atoms with van der Waals surface area (Å²) in [6.07, 6.45) is 3.38. The highest BCUT2D eigenvalue weighted by molar-refractivity contribution is 5.78. The first kappa shape index (κ1) is 18.3. The van der Waals surface area contributed by atoms with E-state index in [1.54, 1.807) is 14.2 Å². The predicted molar refractivity (Wildman–Crippen MR) is 103 cm³/mol. The van der Waals surface area contributed by atoms with Crippen LogP contribution in [-0.2, 0) is 11.2 Å². The highest BCUT2D eigenvalue weighted by Crippen LogP contribution is 2.41. The maximum atomic E-state index is 12.9. The lowest BCUT2D eigenvalue weighted by molar-refractivity contribution is -0.133. The molecule has 0 radical (unpaired) electrons. The van der Waals surface area contributed by atoms with Gasteiger partial charge in [0.05, 0.1) is 20.3 Å². The number of hydrogen-bond donors (Lipinski definition) is 0. The van der Waals surface area contributed by atoms with Gasteiger partial charge in [-0.05, 0) is 41.7 Å². The standard InChI is InChI=1S/C22H27NO3/c1-4-5-11-21(24)23-13-12-17-14-19(25-2)20(26-3)15-18(17)22(23)16-9-7-6-8-10-16/h6-10,14-15,22H,4-5,11-13H2,1-3H3/t22-/m1/s1. The first-order valence-corrected chi connectivity index (χ1v) is 9.28. The van der Waals surface area contributed by atoms with Crippen LogP contribution < -0.4 is 9.47 Å². The van der Waals surface area contributed by atoms with E-state index in [1.165, 1.54) is 5.56 Å². The molecule has 4 heteroatoms. The van der Waals surface area contributed by atoms with E-state index in [1.807, 2.05) is 29.2 Å². The summed E-state index contributed by atoms with van der Waals surface area (Å²) in [6.45, 7) is 2.84. The fourth-order valence-electron chi connectivity index (χ4n) is 3.68. The van der Waals surface area contributed by atoms with Gasteiger partial charge >= 0.3 is 0 Å². The van der Waals surface area contributed by atoms with Crippen LogP contribution in [0.1, 0.15) is 48.9 Å². The van der Waals surface area contributed by atoms with Gasteiger partial charge in [-0.2, -0.15) is 0 Å². The van der Waals surface area contributed by atoms with Gasteiger partial charge in [-0.3, -0.25) is 4.79 Å². The molecule has 0 unspecified atom stereocenters. The molecule has 4 nitrogen and oxygen atoms in total. The minimum atomic E-state index is -0.0795. The summed E-state index contributed by atoms with van der Waals surface area (Å²) in [5.74, 6) is 1.67. The second-order valence-corrected chi connectivity index (χ2v) is 6.66. The molecule has 1 aliphatic rings. The number of unbranched alkanes of at least 4 members (excludes halogenated alkanes) is 1. The number of carbonyl (C=O) groups is 1. The molecular formula is C22H27NO3. The molecule has 2 aromatic rings. The van der Waals surface area contributed by atoms with Crippen LogP contribution in [0.25, 0.3) is 0 Å². The van der Waals surface area contributed by atoms with Crippen molar-refractivity contribution in [1.82, 2.24) is 4.90 Å². The Kier molecular flexibility index (Phi) is 5.82. The van der Waals surface area contributed by atoms with Crippen LogP contribution in [-0.4, -0.2) is 31.6 Å². The normalized spacial score (nSPS) is 16.1. The number of fused-ring (bicyclic) bond motifs is 1. The first-order chi connectivity index (χ1) is 12.7. The van der Waals surface area contributed by atoms with Gasteiger partial charge in [-0.1, -0.05) is 43.7 Å². The number of carbonyl (C=O) groups excluding carboxylic acids is 1. The summed E-state index contributed by atoms with van der Waals surface area (Å²) in [5.41, 5.74) is 3.48. The van der Waals surface area contributed by atoms with Crippen molar-refractivity contribution in [1.29, 1.82) is 0 Å². The Bertz CT molecular complexity index is 757. The second kappa shape index (κ2) is 8.26. The lowest BCUT2D eigenvalue weighted by Gasteiger charge is -2.38. The Morgan fingerprint density at radius 3 is 2.46 bits per heavy atom. The molecule has 0 spiro atoms. The Morgan fingerprint density at radius 1 is 1.12 bits per heavy atom. The Labute approximate surface area is 155 Å². The highest BCUT2D eigenvalue weighted by atomic mass is 16.5. The van der Waals surface area contributed by atoms with E-state index in [-0.39, 0.29) is 11.9 Å². The van der Waals surface area contributed by atoms with Gasteiger partial charge < -0.3 is 14.4 Å². The molecule has 0 bridgehead atoms. The van der Waals surface area contributed by atoms with Gasteiger partial charge in [0.1, 0.15) is 0 Å². The van der Waals surface area contributed by atoms with Crippen molar-refractivity contribution in [2.24, 2.45) is 0 Å². The average Bonchev–Trinajstić information content (AvgIpc) is 2.70. The third-order valence-corrected chi connectivity index (χ3v) is 5.05. The van der Waals surface area contributed by atoms with Crippen LogP contribution in [0, 0.1) is 0 Å². The molecule has 1 heterocycles. The molecule has 0 fully saturated rings. The maximum Gasteiger partial charge on any atom is 0.223 e. The van der Waals surface area contributed by atoms with E-state index in [9.17, 15) is 4.79 Å². The van der Waals surface area contributed by atoms with Crippen LogP contribution in [0.4, 0.5) is 0 Å². The zero-order valence-corrected chi connectivity index (χ0v) is 15.8. The van der Waals surface area contributed by atoms with E-state index in [4.69, 9.17) is 9.47 Å². The maximum absolute atomic E-state index is 12.9. The molecule has 0 aliphatic carbocycles. The molecule has 0 N–H and O–H groups in total. The molecule has 2 aromatic carbocycles. The summed E-state index contributed by atoms with van der Waals surface area (Å²) in [7, 11) is 3.30. The summed E-state index contributed by atoms with van der Waals surface area (Å²) in [6, 6.07) is 14.3. The average molecular weight is 353 g/mol. The number of methoxy groups -OCH3 is 2. The number of amides is 1. The fraction of sp³-hybridized carbons (Fsp3) is 0.409. The quantitative estimate of drug-likeness (QED) is 0.774. The molecule has 3 rings (SSSR count). The lowest BCUT2D eigenvalue weighted by atomic mass is 9.87. The van der Waals surface area contributed by atoms with Crippen molar-refractivity contribution < 1.29 is 14.3 Å². The number of ether oxygens (including phenoxy) is 2. The molecule has 1 atom stereocenters. The number of rotatable bonds is 6. The molecule has 1 aliphatic heterocycles. The Hall–Kier alpha value is -2.49. The van der Waals surface area contributed by atoms with Gasteiger partial charge in [0, 0.05) is 13.0 Å². The third-order valence-electron chi connectivity index (χ3n) is 5.05. The SMILES string of the molecule is CCCCC(=O)N1CCc2cc(OC)c(OC)cc2[C@H]1c1ccccc1. The monoisotopic (exact) mass is 353 g/mol. The second-order valence-electron chi connectivity index (χ2n) is 6.66. The van der Waals surface area contributed by atoms with Crippen LogP contribution in [0.3, 0.4) is 0 Å². The van der Waals surface area contributed by atoms with Crippen molar-refractivity contribution in [2.45, 2.75) is 38.6 Å². The van der Waals surface area contributed by atoms with Crippen molar-refractivity contribution >= 4 is 5.91 Å². The molecule has 1 amide bonds. The zero-order chi connectivity index (χ0) is 18.5. The van der Waals surface area contributed by atoms with Crippen molar-refractivity contribution in [3.63, 3.8) is 0 Å². The summed E-state index contributed by atoms with van der Waals surface area (Å²) in [5, 5.41) is 0. The van der Waals surface area contributed by atoms with Crippen molar-refractivity contribution in [3.8, 4) is 11.5 Å². The molecule has 0 saturated carbocycles. The van der Waals surface area contributed by atoms with E-state index in [0.29, 0.717) is 12.2 Å². The van der Waals surface area contributed by atoms with Gasteiger partial charge in [-0.25, -0.2) is 0 Å². The van der Waals surface area contributed by atoms with Crippen molar-refractivity contribution in [3.05, 3.63) is 59.2 Å². The van der Waals surface area contributed by atoms with E-state index in [2.05, 4.69) is 25.1 Å². The highest BCUT2D eigenvalue weighted by Gasteiger charge is 2.32. The molecular weight excluding hydrogens is 326 g/mol. The number of benzene rings is 2. The van der Waals surface area contributed by atoms with E-state index in [0.717, 1.165) is 42.7 Å². The lowest BCUT2D eigenvalue weighted by Crippen LogP contribution is -2.40. The predicted octanol–water partition coefficient (Wildman–Crippen LogP) is 4.37. The zero-order valence-electron chi connectivity index (χ0n) is 15.8. The molecule has 138 valence electrons. The molecule has 0 aromatic heterocycles. The minimum Gasteiger partial charge on any atom is -0.493 e. The fourth-order valence-corrected chi connectivity index (χ4v) is 3.68. The van der Waals surface area contributed by atoms with Gasteiger partial charge in [-0.15, -0.1) is 0 Å². The van der Waals surface area contributed by atoms with Crippen LogP contribution in [0.5, 0.6) is 11.5 Å². The topological polar surface area (TPSA) is 38.8 Å². The van der Waals surface area contributed by atoms with E-state index >= 15 is 0 Å². The van der Waals surface area contributed by atoms with E-state index < -0.39 is 0 Å². The van der Waals surface area contributed by atoms with Gasteiger partial charge in [0.2, 0.25) is 5.91 Å². The molecule has 26 heavy (non-hydrogen) atoms. The van der Waals surface area contributed by atoms with Gasteiger partial charge in [0.25, 0.3) is 0 Å². The minimum absolute atomic E-state index is 0.0795. The van der Waals surface area contributed by atoms with Crippen LogP contribution in [0.2, 0.25) is 0 Å². The van der Waals surface area contributed by atoms with Crippen molar-refractivity contribution in [2.75, 3.05) is 20.8 Å². The Balaban J connectivity index is 2.07. The summed E-state index contributed by atoms with van der Waals surface area (Å²) < 4.78 is 11.0. The number of hydrogen-bond acceptors (Lipinski definition) is 3. The summed E-state index contributed by atoms with van der Waals surface area (Å²) in [4.78, 5) is 14.9. The Morgan fingerprint density at radius 2 is 1.81 bits per heavy atom. The van der Waals surface area contributed by atoms with Crippen LogP contribution in [0.15, 0.2) is 42.5 Å².